The quantitative estimate of drug-likeness (QED) is 0.808. The van der Waals surface area contributed by atoms with E-state index in [0.29, 0.717) is 0 Å². The Morgan fingerprint density at radius 3 is 2.94 bits per heavy atom. The minimum absolute atomic E-state index is 0.168. The molecule has 2 rings (SSSR count). The highest BCUT2D eigenvalue weighted by Gasteiger charge is 2.12. The van der Waals surface area contributed by atoms with E-state index in [9.17, 15) is 0 Å². The lowest BCUT2D eigenvalue weighted by molar-refractivity contribution is 0.227. The molecule has 0 radical (unpaired) electrons. The first kappa shape index (κ1) is 12.2. The lowest BCUT2D eigenvalue weighted by Crippen LogP contribution is -2.20. The average molecular weight is 231 g/mol. The van der Waals surface area contributed by atoms with Crippen LogP contribution in [0.1, 0.15) is 31.7 Å². The van der Waals surface area contributed by atoms with Crippen molar-refractivity contribution < 1.29 is 4.74 Å². The first-order valence-electron chi connectivity index (χ1n) is 6.42. The molecule has 17 heavy (non-hydrogen) atoms. The predicted molar refractivity (Wildman–Crippen MR) is 71.2 cm³/mol. The minimum atomic E-state index is 0.168. The second kappa shape index (κ2) is 5.87. The Morgan fingerprint density at radius 1 is 1.41 bits per heavy atom. The molecular formula is C15H21NO. The van der Waals surface area contributed by atoms with Crippen molar-refractivity contribution in [3.8, 4) is 5.75 Å². The molecule has 0 heterocycles. The van der Waals surface area contributed by atoms with Crippen LogP contribution in [0.15, 0.2) is 36.4 Å². The smallest absolute Gasteiger partial charge is 0.123 e. The minimum Gasteiger partial charge on any atom is -0.486 e. The summed E-state index contributed by atoms with van der Waals surface area (Å²) in [7, 11) is 0. The summed E-state index contributed by atoms with van der Waals surface area (Å²) in [5, 5.41) is 0. The molecule has 0 spiro atoms. The molecule has 0 saturated carbocycles. The Morgan fingerprint density at radius 2 is 2.24 bits per heavy atom. The van der Waals surface area contributed by atoms with E-state index in [1.807, 2.05) is 25.1 Å². The summed E-state index contributed by atoms with van der Waals surface area (Å²) in [4.78, 5) is 0. The largest absolute Gasteiger partial charge is 0.486 e. The standard InChI is InChI=1S/C15H21NO/c1-12(16)11-13-7-5-6-10-15(13)17-14-8-3-2-4-9-14/h3,5-8,10,12,14H,2,4,9,11,16H2,1H3. The zero-order valence-electron chi connectivity index (χ0n) is 10.4. The molecule has 1 aromatic carbocycles. The van der Waals surface area contributed by atoms with Gasteiger partial charge in [0, 0.05) is 6.04 Å². The lowest BCUT2D eigenvalue weighted by atomic mass is 10.0. The van der Waals surface area contributed by atoms with Crippen molar-refractivity contribution in [3.05, 3.63) is 42.0 Å². The summed E-state index contributed by atoms with van der Waals surface area (Å²) in [5.41, 5.74) is 7.07. The van der Waals surface area contributed by atoms with Gasteiger partial charge in [0.05, 0.1) is 0 Å². The second-order valence-electron chi connectivity index (χ2n) is 4.80. The molecule has 0 aliphatic heterocycles. The number of hydrogen-bond acceptors (Lipinski definition) is 2. The van der Waals surface area contributed by atoms with Crippen LogP contribution >= 0.6 is 0 Å². The third-order valence-electron chi connectivity index (χ3n) is 3.00. The molecule has 2 nitrogen and oxygen atoms in total. The zero-order chi connectivity index (χ0) is 12.1. The van der Waals surface area contributed by atoms with Crippen LogP contribution in [0.3, 0.4) is 0 Å². The normalized spacial score (nSPS) is 21.2. The van der Waals surface area contributed by atoms with Crippen LogP contribution in [0, 0.1) is 0 Å². The monoisotopic (exact) mass is 231 g/mol. The van der Waals surface area contributed by atoms with Gasteiger partial charge in [0.15, 0.2) is 0 Å². The molecule has 1 aromatic rings. The fourth-order valence-electron chi connectivity index (χ4n) is 2.18. The van der Waals surface area contributed by atoms with Gasteiger partial charge in [-0.3, -0.25) is 0 Å². The third-order valence-corrected chi connectivity index (χ3v) is 3.00. The molecule has 0 saturated heterocycles. The molecule has 0 bridgehead atoms. The van der Waals surface area contributed by atoms with E-state index in [4.69, 9.17) is 10.5 Å². The van der Waals surface area contributed by atoms with Crippen LogP contribution in [0.25, 0.3) is 0 Å². The number of ether oxygens (including phenoxy) is 1. The molecular weight excluding hydrogens is 210 g/mol. The number of benzene rings is 1. The molecule has 2 heteroatoms. The fourth-order valence-corrected chi connectivity index (χ4v) is 2.18. The number of rotatable bonds is 4. The summed E-state index contributed by atoms with van der Waals surface area (Å²) >= 11 is 0. The van der Waals surface area contributed by atoms with E-state index in [1.54, 1.807) is 0 Å². The highest BCUT2D eigenvalue weighted by atomic mass is 16.5. The first-order valence-corrected chi connectivity index (χ1v) is 6.42. The van der Waals surface area contributed by atoms with Crippen molar-refractivity contribution in [2.24, 2.45) is 5.73 Å². The highest BCUT2D eigenvalue weighted by Crippen LogP contribution is 2.23. The maximum atomic E-state index is 6.04. The van der Waals surface area contributed by atoms with Gasteiger partial charge in [-0.2, -0.15) is 0 Å². The summed E-state index contributed by atoms with van der Waals surface area (Å²) in [6.45, 7) is 2.03. The second-order valence-corrected chi connectivity index (χ2v) is 4.80. The van der Waals surface area contributed by atoms with E-state index >= 15 is 0 Å². The first-order chi connectivity index (χ1) is 8.25. The van der Waals surface area contributed by atoms with E-state index in [2.05, 4.69) is 18.2 Å². The Balaban J connectivity index is 2.08. The van der Waals surface area contributed by atoms with Crippen LogP contribution in [-0.2, 0) is 6.42 Å². The van der Waals surface area contributed by atoms with Gasteiger partial charge in [-0.15, -0.1) is 0 Å². The van der Waals surface area contributed by atoms with Crippen LogP contribution in [-0.4, -0.2) is 12.1 Å². The Labute approximate surface area is 103 Å². The molecule has 0 fully saturated rings. The van der Waals surface area contributed by atoms with Gasteiger partial charge in [-0.05, 0) is 50.3 Å². The van der Waals surface area contributed by atoms with Gasteiger partial charge in [0.25, 0.3) is 0 Å². The van der Waals surface area contributed by atoms with Crippen molar-refractivity contribution in [3.63, 3.8) is 0 Å². The number of hydrogen-bond donors (Lipinski definition) is 1. The molecule has 1 aliphatic rings. The highest BCUT2D eigenvalue weighted by molar-refractivity contribution is 5.34. The molecule has 2 unspecified atom stereocenters. The summed E-state index contributed by atoms with van der Waals surface area (Å²) < 4.78 is 6.04. The van der Waals surface area contributed by atoms with Crippen LogP contribution in [0.4, 0.5) is 0 Å². The van der Waals surface area contributed by atoms with Crippen molar-refractivity contribution in [2.75, 3.05) is 0 Å². The van der Waals surface area contributed by atoms with Crippen LogP contribution in [0.2, 0.25) is 0 Å². The van der Waals surface area contributed by atoms with E-state index in [1.165, 1.54) is 18.4 Å². The maximum absolute atomic E-state index is 6.04. The van der Waals surface area contributed by atoms with Crippen LogP contribution < -0.4 is 10.5 Å². The number of nitrogens with two attached hydrogens (primary N) is 1. The lowest BCUT2D eigenvalue weighted by Gasteiger charge is -2.21. The molecule has 2 N–H and O–H groups in total. The van der Waals surface area contributed by atoms with Crippen molar-refractivity contribution in [1.82, 2.24) is 0 Å². The molecule has 2 atom stereocenters. The number of allylic oxidation sites excluding steroid dienone is 1. The van der Waals surface area contributed by atoms with Gasteiger partial charge in [0.2, 0.25) is 0 Å². The molecule has 0 amide bonds. The van der Waals surface area contributed by atoms with E-state index in [0.717, 1.165) is 18.6 Å². The van der Waals surface area contributed by atoms with Crippen molar-refractivity contribution in [1.29, 1.82) is 0 Å². The molecule has 1 aliphatic carbocycles. The topological polar surface area (TPSA) is 35.2 Å². The predicted octanol–water partition coefficient (Wildman–Crippen LogP) is 3.06. The van der Waals surface area contributed by atoms with E-state index in [-0.39, 0.29) is 12.1 Å². The SMILES string of the molecule is CC(N)Cc1ccccc1OC1C=CCCC1. The Bertz CT molecular complexity index is 384. The molecule has 0 aromatic heterocycles. The summed E-state index contributed by atoms with van der Waals surface area (Å²) in [5.74, 6) is 0.987. The van der Waals surface area contributed by atoms with Gasteiger partial charge in [-0.1, -0.05) is 24.3 Å². The fraction of sp³-hybridized carbons (Fsp3) is 0.467. The van der Waals surface area contributed by atoms with E-state index < -0.39 is 0 Å². The summed E-state index contributed by atoms with van der Waals surface area (Å²) in [6, 6.07) is 8.38. The Kier molecular flexibility index (Phi) is 4.21. The Hall–Kier alpha value is -1.28. The average Bonchev–Trinajstić information content (AvgIpc) is 2.32. The van der Waals surface area contributed by atoms with Gasteiger partial charge >= 0.3 is 0 Å². The molecule has 92 valence electrons. The third kappa shape index (κ3) is 3.60. The van der Waals surface area contributed by atoms with Gasteiger partial charge in [0.1, 0.15) is 11.9 Å². The van der Waals surface area contributed by atoms with Crippen molar-refractivity contribution >= 4 is 0 Å². The van der Waals surface area contributed by atoms with Crippen LogP contribution in [0.5, 0.6) is 5.75 Å². The van der Waals surface area contributed by atoms with Gasteiger partial charge < -0.3 is 10.5 Å². The zero-order valence-corrected chi connectivity index (χ0v) is 10.4. The van der Waals surface area contributed by atoms with Crippen molar-refractivity contribution in [2.45, 2.75) is 44.8 Å². The van der Waals surface area contributed by atoms with Gasteiger partial charge in [-0.25, -0.2) is 0 Å². The number of para-hydroxylation sites is 1. The maximum Gasteiger partial charge on any atom is 0.123 e. The summed E-state index contributed by atoms with van der Waals surface area (Å²) in [6.07, 6.45) is 9.00.